The molecule has 21 heavy (non-hydrogen) atoms. The lowest BCUT2D eigenvalue weighted by Crippen LogP contribution is -2.38. The third-order valence-corrected chi connectivity index (χ3v) is 4.35. The van der Waals surface area contributed by atoms with Gasteiger partial charge in [0.05, 0.1) is 26.4 Å². The number of aliphatic hydroxyl groups excluding tert-OH is 1. The van der Waals surface area contributed by atoms with E-state index in [0.717, 1.165) is 55.2 Å². The molecule has 0 radical (unpaired) electrons. The minimum absolute atomic E-state index is 0.287. The Bertz CT molecular complexity index is 499. The largest absolute Gasteiger partial charge is 0.496 e. The van der Waals surface area contributed by atoms with Crippen LogP contribution in [0.2, 0.25) is 0 Å². The van der Waals surface area contributed by atoms with E-state index in [4.69, 9.17) is 14.2 Å². The zero-order valence-corrected chi connectivity index (χ0v) is 12.7. The third kappa shape index (κ3) is 2.86. The number of benzene rings is 1. The van der Waals surface area contributed by atoms with Gasteiger partial charge in [-0.3, -0.25) is 4.90 Å². The van der Waals surface area contributed by atoms with E-state index in [0.29, 0.717) is 6.54 Å². The van der Waals surface area contributed by atoms with Crippen molar-refractivity contribution in [3.8, 4) is 11.5 Å². The van der Waals surface area contributed by atoms with Gasteiger partial charge in [0.25, 0.3) is 0 Å². The number of rotatable bonds is 4. The summed E-state index contributed by atoms with van der Waals surface area (Å²) in [7, 11) is 3.29. The summed E-state index contributed by atoms with van der Waals surface area (Å²) in [6, 6.07) is 3.76. The topological polar surface area (TPSA) is 51.2 Å². The quantitative estimate of drug-likeness (QED) is 0.916. The summed E-state index contributed by atoms with van der Waals surface area (Å²) in [4.78, 5) is 2.24. The van der Waals surface area contributed by atoms with E-state index in [9.17, 15) is 5.11 Å². The fourth-order valence-corrected chi connectivity index (χ4v) is 3.36. The normalized spacial score (nSPS) is 25.7. The number of hydrogen-bond donors (Lipinski definition) is 1. The van der Waals surface area contributed by atoms with Crippen molar-refractivity contribution < 1.29 is 19.3 Å². The fraction of sp³-hybridized carbons (Fsp3) is 0.625. The van der Waals surface area contributed by atoms with Gasteiger partial charge >= 0.3 is 0 Å². The molecule has 1 fully saturated rings. The molecule has 0 saturated carbocycles. The van der Waals surface area contributed by atoms with E-state index >= 15 is 0 Å². The summed E-state index contributed by atoms with van der Waals surface area (Å²) in [5.74, 6) is 1.54. The summed E-state index contributed by atoms with van der Waals surface area (Å²) in [5.41, 5.74) is 1.88. The molecule has 0 amide bonds. The summed E-state index contributed by atoms with van der Waals surface area (Å²) < 4.78 is 16.5. The van der Waals surface area contributed by atoms with Gasteiger partial charge in [-0.25, -0.2) is 0 Å². The predicted octanol–water partition coefficient (Wildman–Crippen LogP) is 1.73. The van der Waals surface area contributed by atoms with Gasteiger partial charge in [-0.05, 0) is 25.0 Å². The number of aliphatic hydroxyl groups is 1. The van der Waals surface area contributed by atoms with E-state index in [1.54, 1.807) is 14.2 Å². The van der Waals surface area contributed by atoms with Gasteiger partial charge in [-0.1, -0.05) is 0 Å². The van der Waals surface area contributed by atoms with Crippen molar-refractivity contribution in [1.82, 2.24) is 4.90 Å². The molecule has 1 aromatic carbocycles. The van der Waals surface area contributed by atoms with Crippen molar-refractivity contribution in [3.05, 3.63) is 23.3 Å². The zero-order valence-electron chi connectivity index (χ0n) is 12.7. The second-order valence-electron chi connectivity index (χ2n) is 5.71. The Morgan fingerprint density at radius 2 is 2.05 bits per heavy atom. The van der Waals surface area contributed by atoms with Crippen LogP contribution in [-0.2, 0) is 11.3 Å². The maximum atomic E-state index is 10.5. The van der Waals surface area contributed by atoms with Gasteiger partial charge in [-0.15, -0.1) is 0 Å². The van der Waals surface area contributed by atoms with Crippen molar-refractivity contribution in [2.75, 3.05) is 33.9 Å². The molecule has 3 rings (SSSR count). The second kappa shape index (κ2) is 6.22. The molecule has 116 valence electrons. The van der Waals surface area contributed by atoms with Gasteiger partial charge in [0, 0.05) is 37.4 Å². The van der Waals surface area contributed by atoms with Crippen LogP contribution in [0.3, 0.4) is 0 Å². The molecule has 5 heteroatoms. The second-order valence-corrected chi connectivity index (χ2v) is 5.71. The maximum absolute atomic E-state index is 10.5. The molecule has 0 spiro atoms. The van der Waals surface area contributed by atoms with E-state index < -0.39 is 6.10 Å². The fourth-order valence-electron chi connectivity index (χ4n) is 3.36. The smallest absolute Gasteiger partial charge is 0.125 e. The lowest BCUT2D eigenvalue weighted by atomic mass is 9.95. The van der Waals surface area contributed by atoms with Gasteiger partial charge in [0.15, 0.2) is 0 Å². The standard InChI is InChI=1S/C16H23NO4/c1-19-14-5-6-15(20-2)16-12(14)9-17(10-13(16)18)8-11-4-3-7-21-11/h5-6,11,13,18H,3-4,7-10H2,1-2H3/t11-,13-/m1/s1. The van der Waals surface area contributed by atoms with E-state index in [-0.39, 0.29) is 6.10 Å². The summed E-state index contributed by atoms with van der Waals surface area (Å²) in [5, 5.41) is 10.5. The lowest BCUT2D eigenvalue weighted by molar-refractivity contribution is 0.0360. The average Bonchev–Trinajstić information content (AvgIpc) is 2.99. The Balaban J connectivity index is 1.85. The van der Waals surface area contributed by atoms with Crippen LogP contribution in [0.4, 0.5) is 0 Å². The lowest BCUT2D eigenvalue weighted by Gasteiger charge is -2.35. The Kier molecular flexibility index (Phi) is 4.33. The Labute approximate surface area is 125 Å². The predicted molar refractivity (Wildman–Crippen MR) is 78.8 cm³/mol. The van der Waals surface area contributed by atoms with E-state index in [2.05, 4.69) is 4.90 Å². The molecular formula is C16H23NO4. The van der Waals surface area contributed by atoms with Crippen LogP contribution in [0.1, 0.15) is 30.1 Å². The van der Waals surface area contributed by atoms with Gasteiger partial charge in [0.2, 0.25) is 0 Å². The Morgan fingerprint density at radius 1 is 1.29 bits per heavy atom. The van der Waals surface area contributed by atoms with Crippen molar-refractivity contribution in [2.24, 2.45) is 0 Å². The minimum atomic E-state index is -0.555. The van der Waals surface area contributed by atoms with Crippen LogP contribution >= 0.6 is 0 Å². The first-order valence-corrected chi connectivity index (χ1v) is 7.48. The minimum Gasteiger partial charge on any atom is -0.496 e. The van der Waals surface area contributed by atoms with Crippen molar-refractivity contribution >= 4 is 0 Å². The molecule has 5 nitrogen and oxygen atoms in total. The van der Waals surface area contributed by atoms with Crippen LogP contribution in [0.15, 0.2) is 12.1 Å². The molecular weight excluding hydrogens is 270 g/mol. The highest BCUT2D eigenvalue weighted by atomic mass is 16.5. The molecule has 2 aliphatic rings. The first kappa shape index (κ1) is 14.6. The third-order valence-electron chi connectivity index (χ3n) is 4.35. The number of methoxy groups -OCH3 is 2. The van der Waals surface area contributed by atoms with Crippen LogP contribution in [0.5, 0.6) is 11.5 Å². The van der Waals surface area contributed by atoms with E-state index in [1.807, 2.05) is 12.1 Å². The molecule has 1 N–H and O–H groups in total. The molecule has 1 aromatic rings. The SMILES string of the molecule is COc1ccc(OC)c2c1CN(C[C@H]1CCCO1)C[C@H]2O. The maximum Gasteiger partial charge on any atom is 0.125 e. The number of ether oxygens (including phenoxy) is 3. The highest BCUT2D eigenvalue weighted by Crippen LogP contribution is 2.39. The van der Waals surface area contributed by atoms with Crippen molar-refractivity contribution in [2.45, 2.75) is 31.6 Å². The zero-order chi connectivity index (χ0) is 14.8. The molecule has 2 atom stereocenters. The molecule has 0 aromatic heterocycles. The highest BCUT2D eigenvalue weighted by molar-refractivity contribution is 5.51. The van der Waals surface area contributed by atoms with Crippen LogP contribution in [-0.4, -0.2) is 50.0 Å². The average molecular weight is 293 g/mol. The number of nitrogens with zero attached hydrogens (tertiary/aromatic N) is 1. The highest BCUT2D eigenvalue weighted by Gasteiger charge is 2.31. The van der Waals surface area contributed by atoms with E-state index in [1.165, 1.54) is 0 Å². The molecule has 0 bridgehead atoms. The number of fused-ring (bicyclic) bond motifs is 1. The van der Waals surface area contributed by atoms with Gasteiger partial charge in [0.1, 0.15) is 11.5 Å². The summed E-state index contributed by atoms with van der Waals surface area (Å²) in [6.45, 7) is 3.08. The van der Waals surface area contributed by atoms with Crippen molar-refractivity contribution in [3.63, 3.8) is 0 Å². The molecule has 2 heterocycles. The monoisotopic (exact) mass is 293 g/mol. The first-order valence-electron chi connectivity index (χ1n) is 7.48. The Hall–Kier alpha value is -1.30. The summed E-state index contributed by atoms with van der Waals surface area (Å²) >= 11 is 0. The van der Waals surface area contributed by atoms with Crippen molar-refractivity contribution in [1.29, 1.82) is 0 Å². The number of β-amino-alcohol motifs (C(OH)–C–C–N with tert-alkyl or cyclic N) is 1. The molecule has 2 aliphatic heterocycles. The first-order chi connectivity index (χ1) is 10.2. The molecule has 0 aliphatic carbocycles. The van der Waals surface area contributed by atoms with Crippen LogP contribution in [0, 0.1) is 0 Å². The molecule has 1 saturated heterocycles. The van der Waals surface area contributed by atoms with Crippen LogP contribution < -0.4 is 9.47 Å². The van der Waals surface area contributed by atoms with Crippen LogP contribution in [0.25, 0.3) is 0 Å². The Morgan fingerprint density at radius 3 is 2.71 bits per heavy atom. The summed E-state index contributed by atoms with van der Waals surface area (Å²) in [6.07, 6.45) is 1.97. The van der Waals surface area contributed by atoms with Gasteiger partial charge < -0.3 is 19.3 Å². The molecule has 0 unspecified atom stereocenters. The number of hydrogen-bond acceptors (Lipinski definition) is 5. The van der Waals surface area contributed by atoms with Gasteiger partial charge in [-0.2, -0.15) is 0 Å².